The van der Waals surface area contributed by atoms with Crippen LogP contribution in [0.4, 0.5) is 5.69 Å². The summed E-state index contributed by atoms with van der Waals surface area (Å²) >= 11 is 0. The number of nitrogen functional groups attached to an aromatic ring is 1. The molecule has 0 radical (unpaired) electrons. The molecule has 2 aliphatic rings. The number of rotatable bonds is 7. The second-order valence-corrected chi connectivity index (χ2v) is 10.5. The van der Waals surface area contributed by atoms with Crippen LogP contribution in [0.2, 0.25) is 0 Å². The number of Topliss-reactive ketones (excluding diaryl/α,β-unsaturated/α-hetero) is 1. The van der Waals surface area contributed by atoms with E-state index in [1.54, 1.807) is 0 Å². The summed E-state index contributed by atoms with van der Waals surface area (Å²) in [5.74, 6) is 0.588. The molecule has 1 saturated carbocycles. The number of aliphatic hydroxyl groups excluding tert-OH is 2. The number of carbonyl (C=O) groups is 1. The Kier molecular flexibility index (Phi) is 6.44. The van der Waals surface area contributed by atoms with Crippen LogP contribution in [-0.2, 0) is 17.6 Å². The number of nitrogens with zero attached hydrogens (tertiary/aromatic N) is 1. The van der Waals surface area contributed by atoms with Gasteiger partial charge >= 0.3 is 0 Å². The molecule has 0 amide bonds. The molecule has 172 valence electrons. The topological polar surface area (TPSA) is 86.8 Å². The van der Waals surface area contributed by atoms with Gasteiger partial charge < -0.3 is 20.8 Å². The Balaban J connectivity index is 1.73. The predicted octanol–water partition coefficient (Wildman–Crippen LogP) is 3.08. The lowest BCUT2D eigenvalue weighted by molar-refractivity contribution is -0.204. The van der Waals surface area contributed by atoms with Crippen molar-refractivity contribution >= 4 is 11.5 Å². The minimum Gasteiger partial charge on any atom is -0.399 e. The molecule has 1 aliphatic carbocycles. The molecule has 2 bridgehead atoms. The number of ketones is 1. The van der Waals surface area contributed by atoms with E-state index < -0.39 is 23.0 Å². The SMILES string of the molecule is CC(C)CN1C[C@@]2(Cc3ccccc3)CC(=O)C[C@@](C(O)Cc3ccccc3N)(C1)C2O. The Labute approximate surface area is 191 Å². The van der Waals surface area contributed by atoms with Gasteiger partial charge in [0.05, 0.1) is 12.2 Å². The van der Waals surface area contributed by atoms with E-state index in [0.717, 1.165) is 17.7 Å². The summed E-state index contributed by atoms with van der Waals surface area (Å²) in [7, 11) is 0. The van der Waals surface area contributed by atoms with Crippen LogP contribution in [0.5, 0.6) is 0 Å². The molecule has 4 N–H and O–H groups in total. The van der Waals surface area contributed by atoms with Gasteiger partial charge in [0.1, 0.15) is 5.78 Å². The maximum absolute atomic E-state index is 13.1. The van der Waals surface area contributed by atoms with Gasteiger partial charge in [-0.2, -0.15) is 0 Å². The molecule has 2 unspecified atom stereocenters. The first-order chi connectivity index (χ1) is 15.2. The number of carbonyl (C=O) groups excluding carboxylic acids is 1. The number of likely N-dealkylation sites (tertiary alicyclic amines) is 1. The van der Waals surface area contributed by atoms with Gasteiger partial charge in [0.15, 0.2) is 0 Å². The molecule has 1 saturated heterocycles. The van der Waals surface area contributed by atoms with Crippen LogP contribution in [0.25, 0.3) is 0 Å². The van der Waals surface area contributed by atoms with E-state index in [-0.39, 0.29) is 12.2 Å². The van der Waals surface area contributed by atoms with E-state index in [9.17, 15) is 15.0 Å². The van der Waals surface area contributed by atoms with Crippen LogP contribution in [0.3, 0.4) is 0 Å². The zero-order chi connectivity index (χ0) is 22.9. The summed E-state index contributed by atoms with van der Waals surface area (Å²) < 4.78 is 0. The normalized spacial score (nSPS) is 29.3. The molecule has 4 rings (SSSR count). The summed E-state index contributed by atoms with van der Waals surface area (Å²) in [4.78, 5) is 15.5. The molecule has 2 fully saturated rings. The van der Waals surface area contributed by atoms with Gasteiger partial charge in [0.2, 0.25) is 0 Å². The highest BCUT2D eigenvalue weighted by Gasteiger charge is 2.62. The number of hydrogen-bond acceptors (Lipinski definition) is 5. The minimum atomic E-state index is -0.903. The van der Waals surface area contributed by atoms with Gasteiger partial charge in [-0.1, -0.05) is 62.4 Å². The van der Waals surface area contributed by atoms with Crippen molar-refractivity contribution in [3.05, 3.63) is 65.7 Å². The van der Waals surface area contributed by atoms with Gasteiger partial charge in [0, 0.05) is 55.4 Å². The fourth-order valence-corrected chi connectivity index (χ4v) is 6.23. The van der Waals surface area contributed by atoms with E-state index in [4.69, 9.17) is 5.73 Å². The van der Waals surface area contributed by atoms with Crippen molar-refractivity contribution in [3.63, 3.8) is 0 Å². The highest BCUT2D eigenvalue weighted by Crippen LogP contribution is 2.53. The summed E-state index contributed by atoms with van der Waals surface area (Å²) in [5.41, 5.74) is 7.25. The van der Waals surface area contributed by atoms with Crippen molar-refractivity contribution in [2.45, 2.75) is 51.7 Å². The van der Waals surface area contributed by atoms with Crippen molar-refractivity contribution in [3.8, 4) is 0 Å². The number of anilines is 1. The second kappa shape index (κ2) is 8.97. The third-order valence-corrected chi connectivity index (χ3v) is 7.41. The molecule has 0 aromatic heterocycles. The molecule has 4 atom stereocenters. The number of fused-ring (bicyclic) bond motifs is 2. The first-order valence-corrected chi connectivity index (χ1v) is 11.7. The molecular weight excluding hydrogens is 400 g/mol. The zero-order valence-corrected chi connectivity index (χ0v) is 19.2. The average Bonchev–Trinajstić information content (AvgIpc) is 2.72. The minimum absolute atomic E-state index is 0.135. The molecular formula is C27H36N2O3. The highest BCUT2D eigenvalue weighted by molar-refractivity contribution is 5.82. The van der Waals surface area contributed by atoms with Gasteiger partial charge in [-0.05, 0) is 29.5 Å². The van der Waals surface area contributed by atoms with Crippen LogP contribution in [0.1, 0.15) is 37.8 Å². The first-order valence-electron chi connectivity index (χ1n) is 11.7. The molecule has 0 spiro atoms. The van der Waals surface area contributed by atoms with Crippen LogP contribution < -0.4 is 5.73 Å². The Morgan fingerprint density at radius 2 is 1.75 bits per heavy atom. The summed E-state index contributed by atoms with van der Waals surface area (Å²) in [6.45, 7) is 6.42. The predicted molar refractivity (Wildman–Crippen MR) is 127 cm³/mol. The zero-order valence-electron chi connectivity index (χ0n) is 19.2. The first kappa shape index (κ1) is 23.0. The number of hydrogen-bond donors (Lipinski definition) is 3. The lowest BCUT2D eigenvalue weighted by Crippen LogP contribution is -2.70. The molecule has 5 heteroatoms. The fourth-order valence-electron chi connectivity index (χ4n) is 6.23. The number of benzene rings is 2. The number of para-hydroxylation sites is 1. The monoisotopic (exact) mass is 436 g/mol. The smallest absolute Gasteiger partial charge is 0.134 e. The van der Waals surface area contributed by atoms with E-state index in [1.165, 1.54) is 0 Å². The third kappa shape index (κ3) is 4.34. The Morgan fingerprint density at radius 1 is 1.06 bits per heavy atom. The number of piperidine rings is 1. The Morgan fingerprint density at radius 3 is 2.44 bits per heavy atom. The van der Waals surface area contributed by atoms with Crippen LogP contribution in [0.15, 0.2) is 54.6 Å². The molecule has 5 nitrogen and oxygen atoms in total. The van der Waals surface area contributed by atoms with Crippen LogP contribution in [0, 0.1) is 16.7 Å². The van der Waals surface area contributed by atoms with Gasteiger partial charge in [0.25, 0.3) is 0 Å². The van der Waals surface area contributed by atoms with E-state index in [2.05, 4.69) is 30.9 Å². The molecule has 1 heterocycles. The van der Waals surface area contributed by atoms with Gasteiger partial charge in [-0.25, -0.2) is 0 Å². The van der Waals surface area contributed by atoms with E-state index in [0.29, 0.717) is 44.0 Å². The van der Waals surface area contributed by atoms with E-state index in [1.807, 2.05) is 42.5 Å². The third-order valence-electron chi connectivity index (χ3n) is 7.41. The molecule has 2 aromatic carbocycles. The average molecular weight is 437 g/mol. The quantitative estimate of drug-likeness (QED) is 0.581. The number of nitrogens with two attached hydrogens (primary N) is 1. The van der Waals surface area contributed by atoms with Crippen molar-refractivity contribution in [1.82, 2.24) is 4.90 Å². The van der Waals surface area contributed by atoms with Crippen molar-refractivity contribution in [1.29, 1.82) is 0 Å². The standard InChI is InChI=1S/C27H36N2O3/c1-19(2)16-29-17-26(13-20-8-4-3-5-9-20)14-22(30)15-27(18-29,25(26)32)24(31)12-21-10-6-7-11-23(21)28/h3-11,19,24-25,31-32H,12-18,28H2,1-2H3/t24?,25?,26-,27+/m1/s1. The van der Waals surface area contributed by atoms with Gasteiger partial charge in [-0.15, -0.1) is 0 Å². The largest absolute Gasteiger partial charge is 0.399 e. The van der Waals surface area contributed by atoms with Gasteiger partial charge in [-0.3, -0.25) is 4.79 Å². The number of aliphatic hydroxyl groups is 2. The highest BCUT2D eigenvalue weighted by atomic mass is 16.3. The molecule has 1 aliphatic heterocycles. The van der Waals surface area contributed by atoms with Crippen molar-refractivity contribution in [2.75, 3.05) is 25.4 Å². The van der Waals surface area contributed by atoms with Crippen LogP contribution in [-0.4, -0.2) is 52.7 Å². The van der Waals surface area contributed by atoms with Crippen LogP contribution >= 0.6 is 0 Å². The molecule has 2 aromatic rings. The Bertz CT molecular complexity index is 947. The summed E-state index contributed by atoms with van der Waals surface area (Å²) in [5, 5.41) is 23.4. The second-order valence-electron chi connectivity index (χ2n) is 10.5. The maximum Gasteiger partial charge on any atom is 0.134 e. The van der Waals surface area contributed by atoms with E-state index >= 15 is 0 Å². The lowest BCUT2D eigenvalue weighted by atomic mass is 9.52. The fraction of sp³-hybridized carbons (Fsp3) is 0.519. The lowest BCUT2D eigenvalue weighted by Gasteiger charge is -2.60. The Hall–Kier alpha value is -2.21. The molecule has 32 heavy (non-hydrogen) atoms. The van der Waals surface area contributed by atoms with Crippen molar-refractivity contribution < 1.29 is 15.0 Å². The summed E-state index contributed by atoms with van der Waals surface area (Å²) in [6.07, 6.45) is -0.134. The van der Waals surface area contributed by atoms with Crippen molar-refractivity contribution in [2.24, 2.45) is 16.7 Å². The summed E-state index contributed by atoms with van der Waals surface area (Å²) in [6, 6.07) is 17.6. The maximum atomic E-state index is 13.1.